The Morgan fingerprint density at radius 2 is 1.95 bits per heavy atom. The SMILES string of the molecule is NC(=O)CC(NS(=O)(=O)c1ccc(CCCCl)cc1)C1CC1. The van der Waals surface area contributed by atoms with E-state index < -0.39 is 22.0 Å². The van der Waals surface area contributed by atoms with Crippen LogP contribution in [0.2, 0.25) is 0 Å². The molecule has 1 aromatic rings. The van der Waals surface area contributed by atoms with Crippen molar-refractivity contribution in [2.45, 2.75) is 43.0 Å². The van der Waals surface area contributed by atoms with E-state index in [1.54, 1.807) is 24.3 Å². The number of hydrogen-bond donors (Lipinski definition) is 2. The molecule has 0 heterocycles. The van der Waals surface area contributed by atoms with Gasteiger partial charge in [-0.3, -0.25) is 4.79 Å². The molecule has 7 heteroatoms. The molecule has 5 nitrogen and oxygen atoms in total. The summed E-state index contributed by atoms with van der Waals surface area (Å²) in [7, 11) is -3.63. The molecule has 2 rings (SSSR count). The summed E-state index contributed by atoms with van der Waals surface area (Å²) >= 11 is 5.65. The van der Waals surface area contributed by atoms with Gasteiger partial charge in [-0.1, -0.05) is 12.1 Å². The summed E-state index contributed by atoms with van der Waals surface area (Å²) in [4.78, 5) is 11.3. The van der Waals surface area contributed by atoms with E-state index in [1.165, 1.54) is 0 Å². The van der Waals surface area contributed by atoms with E-state index in [-0.39, 0.29) is 17.2 Å². The Kier molecular flexibility index (Phi) is 5.83. The first-order valence-corrected chi connectivity index (χ1v) is 9.39. The largest absolute Gasteiger partial charge is 0.370 e. The Labute approximate surface area is 136 Å². The topological polar surface area (TPSA) is 89.3 Å². The van der Waals surface area contributed by atoms with Crippen LogP contribution in [-0.2, 0) is 21.2 Å². The van der Waals surface area contributed by atoms with Gasteiger partial charge in [0, 0.05) is 18.3 Å². The van der Waals surface area contributed by atoms with E-state index in [4.69, 9.17) is 17.3 Å². The summed E-state index contributed by atoms with van der Waals surface area (Å²) in [5, 5.41) is 0. The molecule has 3 N–H and O–H groups in total. The van der Waals surface area contributed by atoms with Crippen molar-refractivity contribution >= 4 is 27.5 Å². The third-order valence-electron chi connectivity index (χ3n) is 3.75. The van der Waals surface area contributed by atoms with Crippen LogP contribution in [0.15, 0.2) is 29.2 Å². The highest BCUT2D eigenvalue weighted by molar-refractivity contribution is 7.89. The third kappa shape index (κ3) is 4.97. The van der Waals surface area contributed by atoms with Gasteiger partial charge in [0.05, 0.1) is 4.90 Å². The highest BCUT2D eigenvalue weighted by atomic mass is 35.5. The van der Waals surface area contributed by atoms with Gasteiger partial charge in [-0.15, -0.1) is 11.6 Å². The van der Waals surface area contributed by atoms with Crippen molar-refractivity contribution in [3.63, 3.8) is 0 Å². The van der Waals surface area contributed by atoms with Gasteiger partial charge < -0.3 is 5.73 Å². The van der Waals surface area contributed by atoms with E-state index in [1.807, 2.05) is 0 Å². The summed E-state index contributed by atoms with van der Waals surface area (Å²) in [6.07, 6.45) is 3.57. The summed E-state index contributed by atoms with van der Waals surface area (Å²) < 4.78 is 27.4. The molecule has 0 spiro atoms. The lowest BCUT2D eigenvalue weighted by molar-refractivity contribution is -0.118. The van der Waals surface area contributed by atoms with Crippen molar-refractivity contribution in [2.75, 3.05) is 5.88 Å². The maximum absolute atomic E-state index is 12.4. The molecule has 0 saturated heterocycles. The molecular weight excluding hydrogens is 324 g/mol. The number of benzene rings is 1. The fraction of sp³-hybridized carbons (Fsp3) is 0.533. The van der Waals surface area contributed by atoms with Crippen LogP contribution in [-0.4, -0.2) is 26.2 Å². The first-order chi connectivity index (χ1) is 10.4. The molecule has 1 aromatic carbocycles. The van der Waals surface area contributed by atoms with Gasteiger partial charge in [0.15, 0.2) is 0 Å². The number of amides is 1. The Balaban J connectivity index is 2.06. The monoisotopic (exact) mass is 344 g/mol. The molecule has 1 amide bonds. The molecular formula is C15H21ClN2O3S. The van der Waals surface area contributed by atoms with Crippen LogP contribution in [0.25, 0.3) is 0 Å². The van der Waals surface area contributed by atoms with Crippen LogP contribution < -0.4 is 10.5 Å². The molecule has 0 radical (unpaired) electrons. The minimum atomic E-state index is -3.63. The highest BCUT2D eigenvalue weighted by Crippen LogP contribution is 2.34. The van der Waals surface area contributed by atoms with Gasteiger partial charge in [0.2, 0.25) is 15.9 Å². The number of primary amides is 1. The molecule has 0 aromatic heterocycles. The quantitative estimate of drug-likeness (QED) is 0.669. The number of hydrogen-bond acceptors (Lipinski definition) is 3. The van der Waals surface area contributed by atoms with E-state index in [2.05, 4.69) is 4.72 Å². The van der Waals surface area contributed by atoms with Crippen LogP contribution in [0.4, 0.5) is 0 Å². The average Bonchev–Trinajstić information content (AvgIpc) is 3.28. The fourth-order valence-corrected chi connectivity index (χ4v) is 3.83. The maximum Gasteiger partial charge on any atom is 0.240 e. The van der Waals surface area contributed by atoms with Gasteiger partial charge in [-0.2, -0.15) is 0 Å². The van der Waals surface area contributed by atoms with E-state index in [9.17, 15) is 13.2 Å². The minimum absolute atomic E-state index is 0.0394. The molecule has 1 fully saturated rings. The Bertz CT molecular complexity index is 612. The molecule has 1 aliphatic carbocycles. The van der Waals surface area contributed by atoms with Crippen molar-refractivity contribution in [3.05, 3.63) is 29.8 Å². The van der Waals surface area contributed by atoms with E-state index >= 15 is 0 Å². The summed E-state index contributed by atoms with van der Waals surface area (Å²) in [6, 6.07) is 6.35. The minimum Gasteiger partial charge on any atom is -0.370 e. The molecule has 1 saturated carbocycles. The number of rotatable bonds is 9. The van der Waals surface area contributed by atoms with E-state index in [0.717, 1.165) is 31.2 Å². The smallest absolute Gasteiger partial charge is 0.240 e. The van der Waals surface area contributed by atoms with Crippen molar-refractivity contribution in [1.82, 2.24) is 4.72 Å². The van der Waals surface area contributed by atoms with Gasteiger partial charge >= 0.3 is 0 Å². The molecule has 122 valence electrons. The molecule has 0 bridgehead atoms. The first-order valence-electron chi connectivity index (χ1n) is 7.38. The van der Waals surface area contributed by atoms with Crippen LogP contribution >= 0.6 is 11.6 Å². The van der Waals surface area contributed by atoms with Crippen molar-refractivity contribution in [1.29, 1.82) is 0 Å². The number of carbonyl (C=O) groups excluding carboxylic acids is 1. The van der Waals surface area contributed by atoms with Crippen LogP contribution in [0.1, 0.15) is 31.2 Å². The summed E-state index contributed by atoms with van der Waals surface area (Å²) in [5.74, 6) is 0.305. The second kappa shape index (κ2) is 7.44. The van der Waals surface area contributed by atoms with Gasteiger partial charge in [-0.25, -0.2) is 13.1 Å². The maximum atomic E-state index is 12.4. The highest BCUT2D eigenvalue weighted by Gasteiger charge is 2.35. The normalized spacial score (nSPS) is 16.4. The van der Waals surface area contributed by atoms with Gasteiger partial charge in [-0.05, 0) is 49.3 Å². The number of sulfonamides is 1. The number of aryl methyl sites for hydroxylation is 1. The first kappa shape index (κ1) is 17.2. The molecule has 1 unspecified atom stereocenters. The number of nitrogens with one attached hydrogen (secondary N) is 1. The number of carbonyl (C=O) groups is 1. The van der Waals surface area contributed by atoms with Crippen molar-refractivity contribution in [3.8, 4) is 0 Å². The Hall–Kier alpha value is -1.11. The molecule has 0 aliphatic heterocycles. The van der Waals surface area contributed by atoms with Crippen LogP contribution in [0.5, 0.6) is 0 Å². The zero-order valence-corrected chi connectivity index (χ0v) is 13.9. The van der Waals surface area contributed by atoms with E-state index in [0.29, 0.717) is 5.88 Å². The summed E-state index contributed by atoms with van der Waals surface area (Å²) in [6.45, 7) is 0. The zero-order valence-electron chi connectivity index (χ0n) is 12.3. The average molecular weight is 345 g/mol. The van der Waals surface area contributed by atoms with Crippen LogP contribution in [0, 0.1) is 5.92 Å². The number of alkyl halides is 1. The molecule has 22 heavy (non-hydrogen) atoms. The third-order valence-corrected chi connectivity index (χ3v) is 5.52. The lowest BCUT2D eigenvalue weighted by atomic mass is 10.1. The number of halogens is 1. The van der Waals surface area contributed by atoms with Gasteiger partial charge in [0.1, 0.15) is 0 Å². The second-order valence-electron chi connectivity index (χ2n) is 5.67. The Morgan fingerprint density at radius 1 is 1.32 bits per heavy atom. The van der Waals surface area contributed by atoms with Crippen molar-refractivity contribution < 1.29 is 13.2 Å². The molecule has 1 atom stereocenters. The standard InChI is InChI=1S/C15H21ClN2O3S/c16-9-1-2-11-3-7-13(8-4-11)22(20,21)18-14(10-15(17)19)12-5-6-12/h3-4,7-8,12,14,18H,1-2,5-6,9-10H2,(H2,17,19). The lowest BCUT2D eigenvalue weighted by Gasteiger charge is -2.17. The fourth-order valence-electron chi connectivity index (χ4n) is 2.39. The van der Waals surface area contributed by atoms with Crippen molar-refractivity contribution in [2.24, 2.45) is 11.7 Å². The Morgan fingerprint density at radius 3 is 2.45 bits per heavy atom. The van der Waals surface area contributed by atoms with Crippen LogP contribution in [0.3, 0.4) is 0 Å². The predicted octanol–water partition coefficient (Wildman–Crippen LogP) is 1.79. The predicted molar refractivity (Wildman–Crippen MR) is 86.1 cm³/mol. The lowest BCUT2D eigenvalue weighted by Crippen LogP contribution is -2.39. The number of nitrogens with two attached hydrogens (primary N) is 1. The van der Waals surface area contributed by atoms with Gasteiger partial charge in [0.25, 0.3) is 0 Å². The molecule has 1 aliphatic rings. The second-order valence-corrected chi connectivity index (χ2v) is 7.76. The zero-order chi connectivity index (χ0) is 16.2. The summed E-state index contributed by atoms with van der Waals surface area (Å²) in [5.41, 5.74) is 6.25.